The first-order valence-electron chi connectivity index (χ1n) is 18.8. The van der Waals surface area contributed by atoms with Gasteiger partial charge in [0.25, 0.3) is 0 Å². The van der Waals surface area contributed by atoms with Gasteiger partial charge in [0.05, 0.1) is 15.8 Å². The molecule has 4 aromatic carbocycles. The number of hydrogen-bond acceptors (Lipinski definition) is 7. The zero-order chi connectivity index (χ0) is 44.2. The summed E-state index contributed by atoms with van der Waals surface area (Å²) in [5.41, 5.74) is 12.7. The summed E-state index contributed by atoms with van der Waals surface area (Å²) in [5.74, 6) is 0.573. The molecule has 1 heterocycles. The number of nitrogens with two attached hydrogens (primary N) is 3. The van der Waals surface area contributed by atoms with Gasteiger partial charge in [-0.15, -0.1) is 0 Å². The van der Waals surface area contributed by atoms with Crippen molar-refractivity contribution in [3.63, 3.8) is 0 Å². The Morgan fingerprint density at radius 1 is 0.689 bits per heavy atom. The van der Waals surface area contributed by atoms with Crippen molar-refractivity contribution >= 4 is 81.3 Å². The van der Waals surface area contributed by atoms with Crippen molar-refractivity contribution in [2.24, 2.45) is 16.2 Å². The van der Waals surface area contributed by atoms with Crippen molar-refractivity contribution in [2.45, 2.75) is 102 Å². The number of benzene rings is 4. The molecule has 0 fully saturated rings. The molecule has 0 aromatic heterocycles. The molecule has 2 aliphatic carbocycles. The molecule has 9 nitrogen and oxygen atoms in total. The molecule has 0 saturated carbocycles. The standard InChI is InChI=1S/C22H26N2O2S.C11H14O.C6H8N2O2S.C5H6.2CH4.3ClH.In/c1-22(2,3)15-9-7-14(8-10-15)21-18-6-4-5-17(18)19-13-16(27(23,25)26)11-12-20(19)24-21;1-11(2,3)10-6-4-9(8-12)5-7-10;7-5-1-3-6(4-2-5)11(8,9)10;1-2-4-5-3-1;;;;;;/h4-5,7-13,17-18,21,24H,6H2,1-3H3,(H2,23,25,26);4-8H,1-3H3;1-4H,7H2,(H2,8,9,10);1-4H,5H2;2*1H4;3*1H;/q;;;;;;;;;+3/p-3. The number of nitrogens with one attached hydrogen (secondary N) is 1. The summed E-state index contributed by atoms with van der Waals surface area (Å²) in [6.07, 6.45) is 15.7. The number of fused-ring (bicyclic) bond motifs is 3. The van der Waals surface area contributed by atoms with E-state index in [1.807, 2.05) is 30.3 Å². The molecular formula is C46H62Cl3InN4O5S2. The first kappa shape index (κ1) is 55.9. The van der Waals surface area contributed by atoms with E-state index in [0.29, 0.717) is 11.6 Å². The predicted molar refractivity (Wildman–Crippen MR) is 262 cm³/mol. The van der Waals surface area contributed by atoms with Gasteiger partial charge in [-0.1, -0.05) is 141 Å². The third-order valence-corrected chi connectivity index (χ3v) is 11.4. The Bertz CT molecular complexity index is 2290. The van der Waals surface area contributed by atoms with Crippen molar-refractivity contribution in [2.75, 3.05) is 11.1 Å². The number of rotatable bonds is 4. The fourth-order valence-corrected chi connectivity index (χ4v) is 7.45. The van der Waals surface area contributed by atoms with E-state index in [9.17, 15) is 21.6 Å². The summed E-state index contributed by atoms with van der Waals surface area (Å²) in [4.78, 5) is 10.6. The minimum atomic E-state index is -3.70. The van der Waals surface area contributed by atoms with E-state index in [2.05, 4.69) is 108 Å². The third kappa shape index (κ3) is 18.3. The maximum absolute atomic E-state index is 11.7. The normalized spacial score (nSPS) is 16.9. The average Bonchev–Trinajstić information content (AvgIpc) is 3.90. The van der Waals surface area contributed by atoms with E-state index in [0.717, 1.165) is 35.9 Å². The SMILES string of the molecule is C.C.C1=CCC=C1.CC(C)(C)c1ccc(C2Nc3ccc(S(N)(=O)=O)cc3C3C=CCC32)cc1.CC(C)(C)c1ccc(C=O)cc1.Nc1ccc(S(N)(=O)=O)cc1.[Cl][In]([Cl])[Cl]. The van der Waals surface area contributed by atoms with Gasteiger partial charge in [0.1, 0.15) is 6.29 Å². The van der Waals surface area contributed by atoms with Gasteiger partial charge in [0.15, 0.2) is 0 Å². The van der Waals surface area contributed by atoms with Crippen LogP contribution in [0.15, 0.2) is 137 Å². The topological polar surface area (TPSA) is 175 Å². The van der Waals surface area contributed by atoms with Crippen molar-refractivity contribution in [1.82, 2.24) is 0 Å². The van der Waals surface area contributed by atoms with Crippen LogP contribution in [0.25, 0.3) is 0 Å². The third-order valence-electron chi connectivity index (χ3n) is 9.58. The number of hydrogen-bond donors (Lipinski definition) is 4. The summed E-state index contributed by atoms with van der Waals surface area (Å²) in [7, 11) is 7.77. The van der Waals surface area contributed by atoms with Crippen LogP contribution in [0.4, 0.5) is 11.4 Å². The van der Waals surface area contributed by atoms with Gasteiger partial charge in [-0.2, -0.15) is 0 Å². The van der Waals surface area contributed by atoms with Gasteiger partial charge in [-0.25, -0.2) is 27.1 Å². The number of carbonyl (C=O) groups excluding carboxylic acids is 1. The van der Waals surface area contributed by atoms with E-state index in [4.69, 9.17) is 41.7 Å². The molecule has 0 bridgehead atoms. The molecule has 7 rings (SSSR count). The van der Waals surface area contributed by atoms with Crippen LogP contribution in [0.5, 0.6) is 0 Å². The summed E-state index contributed by atoms with van der Waals surface area (Å²) in [6, 6.07) is 27.6. The van der Waals surface area contributed by atoms with Crippen LogP contribution in [-0.2, 0) is 30.9 Å². The number of allylic oxidation sites excluding steroid dienone is 6. The maximum atomic E-state index is 11.7. The summed E-state index contributed by atoms with van der Waals surface area (Å²) >= 11 is -2.22. The van der Waals surface area contributed by atoms with Crippen molar-refractivity contribution < 1.29 is 21.6 Å². The number of carbonyl (C=O) groups is 1. The minimum absolute atomic E-state index is 0. The molecule has 0 radical (unpaired) electrons. The second-order valence-electron chi connectivity index (χ2n) is 16.1. The molecule has 332 valence electrons. The number of sulfonamides is 2. The summed E-state index contributed by atoms with van der Waals surface area (Å²) in [5, 5.41) is 13.8. The van der Waals surface area contributed by atoms with Crippen molar-refractivity contribution in [3.8, 4) is 0 Å². The number of anilines is 2. The molecule has 3 unspecified atom stereocenters. The summed E-state index contributed by atoms with van der Waals surface area (Å²) < 4.78 is 44.9. The van der Waals surface area contributed by atoms with Gasteiger partial charge in [-0.05, 0) is 94.3 Å². The Kier molecular flexibility index (Phi) is 22.6. The fourth-order valence-electron chi connectivity index (χ4n) is 6.38. The van der Waals surface area contributed by atoms with Crippen molar-refractivity contribution in [1.29, 1.82) is 0 Å². The number of nitrogen functional groups attached to an aromatic ring is 1. The second-order valence-corrected chi connectivity index (χ2v) is 33.9. The van der Waals surface area contributed by atoms with Crippen LogP contribution < -0.4 is 21.3 Å². The first-order chi connectivity index (χ1) is 27.4. The van der Waals surface area contributed by atoms with Crippen molar-refractivity contribution in [3.05, 3.63) is 155 Å². The number of primary sulfonamides is 2. The Labute approximate surface area is 384 Å². The van der Waals surface area contributed by atoms with Gasteiger partial charge in [0.2, 0.25) is 20.0 Å². The Hall–Kier alpha value is -3.07. The first-order valence-corrected chi connectivity index (χ1v) is 34.4. The van der Waals surface area contributed by atoms with E-state index in [1.165, 1.54) is 41.0 Å². The van der Waals surface area contributed by atoms with E-state index >= 15 is 0 Å². The molecule has 3 aliphatic rings. The monoisotopic (exact) mass is 1030 g/mol. The van der Waals surface area contributed by atoms with Gasteiger partial charge >= 0.3 is 43.6 Å². The van der Waals surface area contributed by atoms with Gasteiger partial charge < -0.3 is 11.1 Å². The second kappa shape index (κ2) is 24.7. The predicted octanol–water partition coefficient (Wildman–Crippen LogP) is 11.6. The molecule has 1 aliphatic heterocycles. The Morgan fingerprint density at radius 2 is 1.15 bits per heavy atom. The van der Waals surface area contributed by atoms with E-state index < -0.39 is 37.9 Å². The van der Waals surface area contributed by atoms with Crippen LogP contribution in [0.1, 0.15) is 114 Å². The van der Waals surface area contributed by atoms with Gasteiger partial charge in [-0.3, -0.25) is 4.79 Å². The molecule has 7 N–H and O–H groups in total. The quantitative estimate of drug-likeness (QED) is 0.0893. The molecule has 3 atom stereocenters. The fraction of sp³-hybridized carbons (Fsp3) is 0.326. The average molecular weight is 1040 g/mol. The van der Waals surface area contributed by atoms with Crippen LogP contribution in [0, 0.1) is 5.92 Å². The molecule has 15 heteroatoms. The molecule has 4 aromatic rings. The zero-order valence-electron chi connectivity index (χ0n) is 34.1. The summed E-state index contributed by atoms with van der Waals surface area (Å²) in [6.45, 7) is 13.1. The van der Waals surface area contributed by atoms with Crippen LogP contribution in [0.3, 0.4) is 0 Å². The van der Waals surface area contributed by atoms with E-state index in [-0.39, 0.29) is 47.4 Å². The molecule has 0 saturated heterocycles. The zero-order valence-corrected chi connectivity index (χ0v) is 41.3. The Morgan fingerprint density at radius 3 is 1.56 bits per heavy atom. The molecule has 0 spiro atoms. The number of aldehydes is 1. The van der Waals surface area contributed by atoms with Crippen LogP contribution in [-0.4, -0.2) is 41.0 Å². The molecule has 0 amide bonds. The van der Waals surface area contributed by atoms with Gasteiger partial charge in [0, 0.05) is 22.9 Å². The van der Waals surface area contributed by atoms with Crippen LogP contribution in [0.2, 0.25) is 0 Å². The Balaban J connectivity index is 0.000000454. The number of halogens is 3. The van der Waals surface area contributed by atoms with Crippen LogP contribution >= 0.6 is 25.7 Å². The molecular weight excluding hydrogens is 974 g/mol. The van der Waals surface area contributed by atoms with E-state index in [1.54, 1.807) is 12.1 Å². The molecule has 61 heavy (non-hydrogen) atoms.